The zero-order valence-corrected chi connectivity index (χ0v) is 14.7. The minimum Gasteiger partial charge on any atom is -0.368 e. The number of benzene rings is 1. The fourth-order valence-corrected chi connectivity index (χ4v) is 2.88. The number of amides is 2. The van der Waals surface area contributed by atoms with Crippen LogP contribution in [0.5, 0.6) is 0 Å². The van der Waals surface area contributed by atoms with Crippen LogP contribution in [-0.2, 0) is 9.59 Å². The predicted molar refractivity (Wildman–Crippen MR) is 90.1 cm³/mol. The van der Waals surface area contributed by atoms with Gasteiger partial charge in [-0.15, -0.1) is 11.8 Å². The van der Waals surface area contributed by atoms with Crippen molar-refractivity contribution in [3.8, 4) is 0 Å². The highest BCUT2D eigenvalue weighted by Gasteiger charge is 2.23. The molecule has 0 spiro atoms. The van der Waals surface area contributed by atoms with E-state index >= 15 is 0 Å². The lowest BCUT2D eigenvalue weighted by molar-refractivity contribution is -0.128. The molecule has 4 nitrogen and oxygen atoms in total. The van der Waals surface area contributed by atoms with Crippen LogP contribution in [0, 0.1) is 5.92 Å². The second-order valence-electron chi connectivity index (χ2n) is 4.89. The van der Waals surface area contributed by atoms with Crippen LogP contribution in [0.1, 0.15) is 26.7 Å². The zero-order chi connectivity index (χ0) is 15.8. The van der Waals surface area contributed by atoms with Gasteiger partial charge in [-0.3, -0.25) is 9.59 Å². The van der Waals surface area contributed by atoms with E-state index in [1.807, 2.05) is 38.1 Å². The molecular formula is C15H21BrN2O2S. The molecule has 1 aromatic carbocycles. The smallest absolute Gasteiger partial charge is 0.240 e. The van der Waals surface area contributed by atoms with Gasteiger partial charge < -0.3 is 11.1 Å². The van der Waals surface area contributed by atoms with Gasteiger partial charge in [0.2, 0.25) is 11.8 Å². The lowest BCUT2D eigenvalue weighted by Crippen LogP contribution is -2.48. The van der Waals surface area contributed by atoms with Crippen molar-refractivity contribution in [2.75, 3.05) is 5.75 Å². The fourth-order valence-electron chi connectivity index (χ4n) is 1.77. The number of thioether (sulfide) groups is 1. The summed E-state index contributed by atoms with van der Waals surface area (Å²) in [5.74, 6) is 0.104. The van der Waals surface area contributed by atoms with E-state index < -0.39 is 11.9 Å². The minimum atomic E-state index is -0.583. The molecular weight excluding hydrogens is 352 g/mol. The number of nitrogens with two attached hydrogens (primary N) is 1. The molecule has 2 unspecified atom stereocenters. The molecule has 0 aliphatic carbocycles. The first-order valence-electron chi connectivity index (χ1n) is 6.91. The van der Waals surface area contributed by atoms with Crippen LogP contribution in [0.3, 0.4) is 0 Å². The number of halogens is 1. The molecule has 0 saturated heterocycles. The summed E-state index contributed by atoms with van der Waals surface area (Å²) in [6.45, 7) is 3.88. The molecule has 1 aromatic rings. The molecule has 6 heteroatoms. The van der Waals surface area contributed by atoms with E-state index in [4.69, 9.17) is 5.73 Å². The van der Waals surface area contributed by atoms with E-state index in [-0.39, 0.29) is 11.8 Å². The van der Waals surface area contributed by atoms with E-state index in [1.165, 1.54) is 0 Å². The SMILES string of the molecule is CCC(C)C(NC(=O)CCSc1ccc(Br)cc1)C(N)=O. The maximum absolute atomic E-state index is 11.9. The molecule has 2 amide bonds. The maximum atomic E-state index is 11.9. The summed E-state index contributed by atoms with van der Waals surface area (Å²) >= 11 is 4.99. The fraction of sp³-hybridized carbons (Fsp3) is 0.467. The van der Waals surface area contributed by atoms with Crippen LogP contribution >= 0.6 is 27.7 Å². The summed E-state index contributed by atoms with van der Waals surface area (Å²) < 4.78 is 1.03. The average Bonchev–Trinajstić information content (AvgIpc) is 2.45. The minimum absolute atomic E-state index is 0.0468. The van der Waals surface area contributed by atoms with E-state index in [1.54, 1.807) is 11.8 Å². The van der Waals surface area contributed by atoms with E-state index in [0.717, 1.165) is 15.8 Å². The largest absolute Gasteiger partial charge is 0.368 e. The number of nitrogens with one attached hydrogen (secondary N) is 1. The van der Waals surface area contributed by atoms with Gasteiger partial charge in [0.15, 0.2) is 0 Å². The number of rotatable bonds is 8. The van der Waals surface area contributed by atoms with Crippen molar-refractivity contribution < 1.29 is 9.59 Å². The molecule has 0 aliphatic heterocycles. The van der Waals surface area contributed by atoms with E-state index in [2.05, 4.69) is 21.2 Å². The first-order valence-corrected chi connectivity index (χ1v) is 8.69. The van der Waals surface area contributed by atoms with Crippen molar-refractivity contribution in [3.05, 3.63) is 28.7 Å². The standard InChI is InChI=1S/C15H21BrN2O2S/c1-3-10(2)14(15(17)20)18-13(19)8-9-21-12-6-4-11(16)5-7-12/h4-7,10,14H,3,8-9H2,1-2H3,(H2,17,20)(H,18,19). The Balaban J connectivity index is 2.39. The van der Waals surface area contributed by atoms with Crippen molar-refractivity contribution >= 4 is 39.5 Å². The Bertz CT molecular complexity index is 479. The maximum Gasteiger partial charge on any atom is 0.240 e. The highest BCUT2D eigenvalue weighted by Crippen LogP contribution is 2.21. The molecule has 0 heterocycles. The number of hydrogen-bond acceptors (Lipinski definition) is 3. The van der Waals surface area contributed by atoms with Gasteiger partial charge in [0.05, 0.1) is 0 Å². The normalized spacial score (nSPS) is 13.5. The summed E-state index contributed by atoms with van der Waals surface area (Å²) in [4.78, 5) is 24.4. The Kier molecular flexibility index (Phi) is 7.82. The molecule has 0 aromatic heterocycles. The molecule has 0 bridgehead atoms. The van der Waals surface area contributed by atoms with Gasteiger partial charge >= 0.3 is 0 Å². The first-order chi connectivity index (χ1) is 9.93. The second-order valence-corrected chi connectivity index (χ2v) is 6.97. The first kappa shape index (κ1) is 18.0. The third kappa shape index (κ3) is 6.52. The Morgan fingerprint density at radius 3 is 2.48 bits per heavy atom. The van der Waals surface area contributed by atoms with E-state index in [0.29, 0.717) is 12.2 Å². The molecule has 2 atom stereocenters. The molecule has 0 aliphatic rings. The zero-order valence-electron chi connectivity index (χ0n) is 12.3. The van der Waals surface area contributed by atoms with E-state index in [9.17, 15) is 9.59 Å². The van der Waals surface area contributed by atoms with Gasteiger partial charge in [0.25, 0.3) is 0 Å². The van der Waals surface area contributed by atoms with Gasteiger partial charge in [-0.2, -0.15) is 0 Å². The van der Waals surface area contributed by atoms with Crippen molar-refractivity contribution in [3.63, 3.8) is 0 Å². The van der Waals surface area contributed by atoms with Crippen LogP contribution in [0.4, 0.5) is 0 Å². The summed E-state index contributed by atoms with van der Waals surface area (Å²) in [7, 11) is 0. The Morgan fingerprint density at radius 1 is 1.33 bits per heavy atom. The second kappa shape index (κ2) is 9.10. The summed E-state index contributed by atoms with van der Waals surface area (Å²) in [5, 5.41) is 2.73. The molecule has 0 saturated carbocycles. The van der Waals surface area contributed by atoms with Crippen LogP contribution < -0.4 is 11.1 Å². The Morgan fingerprint density at radius 2 is 1.95 bits per heavy atom. The highest BCUT2D eigenvalue weighted by molar-refractivity contribution is 9.10. The third-order valence-electron chi connectivity index (χ3n) is 3.25. The monoisotopic (exact) mass is 372 g/mol. The van der Waals surface area contributed by atoms with Crippen molar-refractivity contribution in [2.45, 2.75) is 37.6 Å². The van der Waals surface area contributed by atoms with Gasteiger partial charge in [-0.25, -0.2) is 0 Å². The number of carbonyl (C=O) groups excluding carboxylic acids is 2. The van der Waals surface area contributed by atoms with Gasteiger partial charge in [0, 0.05) is 21.5 Å². The molecule has 0 radical (unpaired) electrons. The number of hydrogen-bond donors (Lipinski definition) is 2. The lowest BCUT2D eigenvalue weighted by atomic mass is 9.98. The Labute approximate surface area is 138 Å². The molecule has 116 valence electrons. The van der Waals surface area contributed by atoms with Gasteiger partial charge in [0.1, 0.15) is 6.04 Å². The quantitative estimate of drug-likeness (QED) is 0.689. The molecule has 1 rings (SSSR count). The molecule has 0 fully saturated rings. The van der Waals surface area contributed by atoms with Crippen LogP contribution in [0.2, 0.25) is 0 Å². The van der Waals surface area contributed by atoms with Crippen LogP contribution in [-0.4, -0.2) is 23.6 Å². The molecule has 3 N–H and O–H groups in total. The van der Waals surface area contributed by atoms with Crippen molar-refractivity contribution in [1.29, 1.82) is 0 Å². The number of primary amides is 1. The van der Waals surface area contributed by atoms with Gasteiger partial charge in [-0.05, 0) is 30.2 Å². The van der Waals surface area contributed by atoms with Gasteiger partial charge in [-0.1, -0.05) is 36.2 Å². The third-order valence-corrected chi connectivity index (χ3v) is 4.79. The summed E-state index contributed by atoms with van der Waals surface area (Å²) in [6.07, 6.45) is 1.16. The highest BCUT2D eigenvalue weighted by atomic mass is 79.9. The Hall–Kier alpha value is -1.01. The topological polar surface area (TPSA) is 72.2 Å². The van der Waals surface area contributed by atoms with Crippen molar-refractivity contribution in [1.82, 2.24) is 5.32 Å². The predicted octanol–water partition coefficient (Wildman–Crippen LogP) is 2.95. The van der Waals surface area contributed by atoms with Crippen LogP contribution in [0.25, 0.3) is 0 Å². The molecule has 21 heavy (non-hydrogen) atoms. The number of carbonyl (C=O) groups is 2. The van der Waals surface area contributed by atoms with Crippen molar-refractivity contribution in [2.24, 2.45) is 11.7 Å². The summed E-state index contributed by atoms with van der Waals surface area (Å²) in [6, 6.07) is 7.35. The summed E-state index contributed by atoms with van der Waals surface area (Å²) in [5.41, 5.74) is 5.33. The average molecular weight is 373 g/mol. The van der Waals surface area contributed by atoms with Crippen LogP contribution in [0.15, 0.2) is 33.6 Å². The lowest BCUT2D eigenvalue weighted by Gasteiger charge is -2.21.